The predicted octanol–water partition coefficient (Wildman–Crippen LogP) is 3.00. The maximum absolute atomic E-state index is 12.4. The van der Waals surface area contributed by atoms with Gasteiger partial charge in [-0.25, -0.2) is 4.79 Å². The van der Waals surface area contributed by atoms with E-state index in [0.29, 0.717) is 16.7 Å². The highest BCUT2D eigenvalue weighted by Crippen LogP contribution is 2.19. The van der Waals surface area contributed by atoms with E-state index in [9.17, 15) is 9.59 Å². The SMILES string of the molecule is O=C(OCc1nc(-c2ccsc2)no1)c1cc(=O)[nH]c2ccccc12. The van der Waals surface area contributed by atoms with Crippen molar-refractivity contribution in [2.24, 2.45) is 0 Å². The Hall–Kier alpha value is -3.26. The number of para-hydroxylation sites is 1. The van der Waals surface area contributed by atoms with Crippen LogP contribution in [0, 0.1) is 0 Å². The molecule has 3 heterocycles. The number of H-pyrrole nitrogens is 1. The number of aromatic nitrogens is 3. The zero-order valence-corrected chi connectivity index (χ0v) is 13.6. The normalized spacial score (nSPS) is 10.9. The molecule has 124 valence electrons. The number of nitrogens with zero attached hydrogens (tertiary/aromatic N) is 2. The fraction of sp³-hybridized carbons (Fsp3) is 0.0588. The Kier molecular flexibility index (Phi) is 3.87. The van der Waals surface area contributed by atoms with Crippen LogP contribution >= 0.6 is 11.3 Å². The molecule has 4 aromatic rings. The molecule has 0 aliphatic heterocycles. The lowest BCUT2D eigenvalue weighted by Gasteiger charge is -2.05. The number of benzene rings is 1. The van der Waals surface area contributed by atoms with Crippen LogP contribution in [0.1, 0.15) is 16.2 Å². The van der Waals surface area contributed by atoms with Crippen LogP contribution in [0.15, 0.2) is 56.5 Å². The highest BCUT2D eigenvalue weighted by molar-refractivity contribution is 7.08. The summed E-state index contributed by atoms with van der Waals surface area (Å²) in [7, 11) is 0. The second-order valence-corrected chi connectivity index (χ2v) is 5.97. The maximum atomic E-state index is 12.4. The third-order valence-corrected chi connectivity index (χ3v) is 4.23. The Morgan fingerprint density at radius 1 is 1.28 bits per heavy atom. The lowest BCUT2D eigenvalue weighted by atomic mass is 10.1. The van der Waals surface area contributed by atoms with Gasteiger partial charge in [-0.05, 0) is 17.5 Å². The number of hydrogen-bond donors (Lipinski definition) is 1. The summed E-state index contributed by atoms with van der Waals surface area (Å²) in [6.45, 7) is -0.170. The highest BCUT2D eigenvalue weighted by Gasteiger charge is 2.15. The zero-order chi connectivity index (χ0) is 17.2. The van der Waals surface area contributed by atoms with Crippen LogP contribution in [0.4, 0.5) is 0 Å². The molecule has 4 rings (SSSR count). The largest absolute Gasteiger partial charge is 0.452 e. The fourth-order valence-electron chi connectivity index (χ4n) is 2.40. The first kappa shape index (κ1) is 15.3. The molecule has 3 aromatic heterocycles. The minimum absolute atomic E-state index is 0.170. The van der Waals surface area contributed by atoms with Gasteiger partial charge in [-0.3, -0.25) is 4.79 Å². The van der Waals surface area contributed by atoms with Crippen LogP contribution in [-0.4, -0.2) is 21.1 Å². The summed E-state index contributed by atoms with van der Waals surface area (Å²) in [5, 5.41) is 8.25. The van der Waals surface area contributed by atoms with Gasteiger partial charge in [-0.2, -0.15) is 16.3 Å². The standard InChI is InChI=1S/C17H11N3O4S/c21-14-7-12(11-3-1-2-4-13(11)18-14)17(22)23-8-15-19-16(20-24-15)10-5-6-25-9-10/h1-7,9H,8H2,(H,18,21). The number of fused-ring (bicyclic) bond motifs is 1. The number of aromatic amines is 1. The summed E-state index contributed by atoms with van der Waals surface area (Å²) in [6, 6.07) is 10.1. The van der Waals surface area contributed by atoms with Gasteiger partial charge in [0.25, 0.3) is 5.89 Å². The van der Waals surface area contributed by atoms with Gasteiger partial charge in [0, 0.05) is 27.9 Å². The molecule has 0 unspecified atom stereocenters. The summed E-state index contributed by atoms with van der Waals surface area (Å²) in [4.78, 5) is 30.9. The number of nitrogens with one attached hydrogen (secondary N) is 1. The molecule has 0 saturated heterocycles. The summed E-state index contributed by atoms with van der Waals surface area (Å²) in [5.74, 6) is -0.00446. The molecule has 0 aliphatic rings. The lowest BCUT2D eigenvalue weighted by Crippen LogP contribution is -2.13. The topological polar surface area (TPSA) is 98.1 Å². The number of carbonyl (C=O) groups excluding carboxylic acids is 1. The first-order valence-electron chi connectivity index (χ1n) is 7.35. The molecule has 0 atom stereocenters. The molecule has 1 aromatic carbocycles. The van der Waals surface area contributed by atoms with Gasteiger partial charge in [-0.15, -0.1) is 0 Å². The first-order chi connectivity index (χ1) is 12.2. The van der Waals surface area contributed by atoms with E-state index < -0.39 is 5.97 Å². The van der Waals surface area contributed by atoms with Crippen LogP contribution in [0.5, 0.6) is 0 Å². The Morgan fingerprint density at radius 3 is 3.00 bits per heavy atom. The van der Waals surface area contributed by atoms with Crippen molar-refractivity contribution in [1.29, 1.82) is 0 Å². The first-order valence-corrected chi connectivity index (χ1v) is 8.29. The van der Waals surface area contributed by atoms with E-state index >= 15 is 0 Å². The van der Waals surface area contributed by atoms with Gasteiger partial charge in [0.05, 0.1) is 5.56 Å². The second kappa shape index (κ2) is 6.33. The molecular formula is C17H11N3O4S. The van der Waals surface area contributed by atoms with E-state index in [1.165, 1.54) is 17.4 Å². The average Bonchev–Trinajstić information content (AvgIpc) is 3.30. The van der Waals surface area contributed by atoms with Crippen LogP contribution in [-0.2, 0) is 11.3 Å². The Balaban J connectivity index is 1.54. The molecule has 0 aliphatic carbocycles. The van der Waals surface area contributed by atoms with Crippen molar-refractivity contribution >= 4 is 28.2 Å². The molecule has 0 saturated carbocycles. The van der Waals surface area contributed by atoms with E-state index in [4.69, 9.17) is 9.26 Å². The molecule has 0 bridgehead atoms. The number of pyridine rings is 1. The monoisotopic (exact) mass is 353 g/mol. The predicted molar refractivity (Wildman–Crippen MR) is 91.3 cm³/mol. The molecule has 0 spiro atoms. The minimum atomic E-state index is -0.627. The average molecular weight is 353 g/mol. The van der Waals surface area contributed by atoms with Crippen molar-refractivity contribution in [2.45, 2.75) is 6.61 Å². The van der Waals surface area contributed by atoms with Crippen molar-refractivity contribution in [3.05, 3.63) is 69.0 Å². The van der Waals surface area contributed by atoms with Gasteiger partial charge in [-0.1, -0.05) is 23.4 Å². The van der Waals surface area contributed by atoms with E-state index in [1.807, 2.05) is 16.8 Å². The molecule has 0 amide bonds. The van der Waals surface area contributed by atoms with Gasteiger partial charge in [0.2, 0.25) is 11.4 Å². The molecule has 1 N–H and O–H groups in total. The van der Waals surface area contributed by atoms with Crippen LogP contribution in [0.3, 0.4) is 0 Å². The number of hydrogen-bond acceptors (Lipinski definition) is 7. The van der Waals surface area contributed by atoms with Crippen molar-refractivity contribution in [3.8, 4) is 11.4 Å². The molecule has 0 radical (unpaired) electrons. The van der Waals surface area contributed by atoms with Gasteiger partial charge in [0.1, 0.15) is 0 Å². The third kappa shape index (κ3) is 3.07. The summed E-state index contributed by atoms with van der Waals surface area (Å²) < 4.78 is 10.3. The van der Waals surface area contributed by atoms with Gasteiger partial charge >= 0.3 is 5.97 Å². The van der Waals surface area contributed by atoms with Crippen molar-refractivity contribution in [1.82, 2.24) is 15.1 Å². The molecule has 7 nitrogen and oxygen atoms in total. The third-order valence-electron chi connectivity index (χ3n) is 3.54. The van der Waals surface area contributed by atoms with E-state index in [0.717, 1.165) is 5.56 Å². The van der Waals surface area contributed by atoms with Gasteiger partial charge in [0.15, 0.2) is 6.61 Å². The molecule has 25 heavy (non-hydrogen) atoms. The number of ether oxygens (including phenoxy) is 1. The Morgan fingerprint density at radius 2 is 2.16 bits per heavy atom. The minimum Gasteiger partial charge on any atom is -0.452 e. The number of carbonyl (C=O) groups is 1. The zero-order valence-electron chi connectivity index (χ0n) is 12.8. The van der Waals surface area contributed by atoms with E-state index in [1.54, 1.807) is 24.3 Å². The van der Waals surface area contributed by atoms with Gasteiger partial charge < -0.3 is 14.2 Å². The fourth-order valence-corrected chi connectivity index (χ4v) is 3.04. The molecular weight excluding hydrogens is 342 g/mol. The smallest absolute Gasteiger partial charge is 0.339 e. The van der Waals surface area contributed by atoms with Crippen molar-refractivity contribution in [2.75, 3.05) is 0 Å². The maximum Gasteiger partial charge on any atom is 0.339 e. The van der Waals surface area contributed by atoms with Crippen LogP contribution < -0.4 is 5.56 Å². The summed E-state index contributed by atoms with van der Waals surface area (Å²) >= 11 is 1.52. The highest BCUT2D eigenvalue weighted by atomic mass is 32.1. The molecule has 0 fully saturated rings. The van der Waals surface area contributed by atoms with E-state index in [-0.39, 0.29) is 23.6 Å². The number of esters is 1. The Labute approximate surface area is 144 Å². The molecule has 8 heteroatoms. The van der Waals surface area contributed by atoms with Crippen molar-refractivity contribution < 1.29 is 14.1 Å². The summed E-state index contributed by atoms with van der Waals surface area (Å²) in [6.07, 6.45) is 0. The Bertz CT molecular complexity index is 1100. The quantitative estimate of drug-likeness (QED) is 0.566. The van der Waals surface area contributed by atoms with Crippen LogP contribution in [0.25, 0.3) is 22.3 Å². The van der Waals surface area contributed by atoms with Crippen LogP contribution in [0.2, 0.25) is 0 Å². The van der Waals surface area contributed by atoms with E-state index in [2.05, 4.69) is 15.1 Å². The number of rotatable bonds is 4. The summed E-state index contributed by atoms with van der Waals surface area (Å²) in [5.41, 5.74) is 1.23. The van der Waals surface area contributed by atoms with Crippen molar-refractivity contribution in [3.63, 3.8) is 0 Å². The lowest BCUT2D eigenvalue weighted by molar-refractivity contribution is 0.0432. The second-order valence-electron chi connectivity index (χ2n) is 5.19. The number of thiophene rings is 1.